The summed E-state index contributed by atoms with van der Waals surface area (Å²) >= 11 is 1.44. The van der Waals surface area contributed by atoms with E-state index in [1.807, 2.05) is 30.3 Å². The molecule has 1 saturated heterocycles. The number of hydrogen-bond acceptors (Lipinski definition) is 8. The van der Waals surface area contributed by atoms with Gasteiger partial charge >= 0.3 is 6.09 Å². The van der Waals surface area contributed by atoms with E-state index < -0.39 is 12.0 Å². The Bertz CT molecular complexity index is 1280. The molecule has 33 heavy (non-hydrogen) atoms. The Hall–Kier alpha value is -3.50. The maximum absolute atomic E-state index is 11.7. The zero-order valence-corrected chi connectivity index (χ0v) is 18.7. The number of fused-ring (bicyclic) bond motifs is 2. The molecule has 170 valence electrons. The van der Waals surface area contributed by atoms with Gasteiger partial charge < -0.3 is 14.3 Å². The highest BCUT2D eigenvalue weighted by molar-refractivity contribution is 7.20. The normalized spacial score (nSPS) is 15.2. The predicted molar refractivity (Wildman–Crippen MR) is 123 cm³/mol. The van der Waals surface area contributed by atoms with Gasteiger partial charge in [-0.2, -0.15) is 4.98 Å². The van der Waals surface area contributed by atoms with E-state index in [0.29, 0.717) is 49.1 Å². The third-order valence-electron chi connectivity index (χ3n) is 5.84. The number of piperidine rings is 1. The van der Waals surface area contributed by atoms with Crippen LogP contribution in [0.25, 0.3) is 21.3 Å². The SMILES string of the molecule is CC(=O)N(C(=O)O)C1CCN(Cc2coc3cc(Oc4nc5ncccc5s4)ccc23)CC1. The van der Waals surface area contributed by atoms with Gasteiger partial charge in [-0.05, 0) is 37.1 Å². The first-order chi connectivity index (χ1) is 16.0. The van der Waals surface area contributed by atoms with Crippen LogP contribution in [-0.4, -0.2) is 56.0 Å². The summed E-state index contributed by atoms with van der Waals surface area (Å²) < 4.78 is 12.7. The van der Waals surface area contributed by atoms with Crippen molar-refractivity contribution in [3.63, 3.8) is 0 Å². The van der Waals surface area contributed by atoms with Gasteiger partial charge in [-0.25, -0.2) is 14.7 Å². The van der Waals surface area contributed by atoms with Crippen molar-refractivity contribution < 1.29 is 23.8 Å². The monoisotopic (exact) mass is 466 g/mol. The van der Waals surface area contributed by atoms with E-state index >= 15 is 0 Å². The lowest BCUT2D eigenvalue weighted by molar-refractivity contribution is -0.129. The first-order valence-electron chi connectivity index (χ1n) is 10.6. The summed E-state index contributed by atoms with van der Waals surface area (Å²) in [6.07, 6.45) is 3.52. The predicted octanol–water partition coefficient (Wildman–Crippen LogP) is 4.72. The molecule has 5 rings (SSSR count). The highest BCUT2D eigenvalue weighted by atomic mass is 32.1. The van der Waals surface area contributed by atoms with Crippen LogP contribution >= 0.6 is 11.3 Å². The number of nitrogens with zero attached hydrogens (tertiary/aromatic N) is 4. The second-order valence-electron chi connectivity index (χ2n) is 8.00. The molecular weight excluding hydrogens is 444 g/mol. The maximum Gasteiger partial charge on any atom is 0.414 e. The number of rotatable bonds is 5. The molecule has 0 unspecified atom stereocenters. The van der Waals surface area contributed by atoms with Crippen LogP contribution in [-0.2, 0) is 11.3 Å². The first kappa shape index (κ1) is 21.4. The number of likely N-dealkylation sites (tertiary alicyclic amines) is 1. The Morgan fingerprint density at radius 3 is 2.85 bits per heavy atom. The molecule has 1 aliphatic rings. The van der Waals surface area contributed by atoms with Gasteiger partial charge in [0.1, 0.15) is 11.3 Å². The second-order valence-corrected chi connectivity index (χ2v) is 9.00. The number of hydrogen-bond donors (Lipinski definition) is 1. The summed E-state index contributed by atoms with van der Waals surface area (Å²) in [5.74, 6) is 0.211. The standard InChI is InChI=1S/C23H22N4O5S/c1-14(28)27(23(29)30)16-6-9-26(10-7-16)12-15-13-31-19-11-17(4-5-18(15)19)32-22-25-21-20(33-22)3-2-8-24-21/h2-5,8,11,13,16H,6-7,9-10,12H2,1H3,(H,29,30). The molecule has 2 amide bonds. The van der Waals surface area contributed by atoms with Crippen LogP contribution in [0.1, 0.15) is 25.3 Å². The first-order valence-corrected chi connectivity index (χ1v) is 11.4. The number of imide groups is 1. The number of aromatic nitrogens is 2. The molecule has 4 aromatic rings. The zero-order valence-electron chi connectivity index (χ0n) is 17.9. The van der Waals surface area contributed by atoms with Gasteiger partial charge in [-0.3, -0.25) is 9.69 Å². The molecule has 0 spiro atoms. The van der Waals surface area contributed by atoms with Crippen LogP contribution in [0.2, 0.25) is 0 Å². The van der Waals surface area contributed by atoms with E-state index in [1.54, 1.807) is 12.5 Å². The highest BCUT2D eigenvalue weighted by Gasteiger charge is 2.30. The van der Waals surface area contributed by atoms with Crippen molar-refractivity contribution in [3.8, 4) is 10.9 Å². The second kappa shape index (κ2) is 8.80. The van der Waals surface area contributed by atoms with Crippen molar-refractivity contribution in [2.24, 2.45) is 0 Å². The Kier molecular flexibility index (Phi) is 5.69. The smallest absolute Gasteiger partial charge is 0.414 e. The minimum atomic E-state index is -1.18. The number of thiazole rings is 1. The van der Waals surface area contributed by atoms with Crippen LogP contribution in [0, 0.1) is 0 Å². The van der Waals surface area contributed by atoms with E-state index in [2.05, 4.69) is 14.9 Å². The number of carbonyl (C=O) groups is 2. The minimum Gasteiger partial charge on any atom is -0.465 e. The van der Waals surface area contributed by atoms with E-state index in [9.17, 15) is 14.7 Å². The molecule has 0 aliphatic carbocycles. The molecule has 9 nitrogen and oxygen atoms in total. The summed E-state index contributed by atoms with van der Waals surface area (Å²) in [6, 6.07) is 9.28. The molecule has 1 fully saturated rings. The molecule has 0 radical (unpaired) electrons. The van der Waals surface area contributed by atoms with Gasteiger partial charge in [0.25, 0.3) is 5.19 Å². The fraction of sp³-hybridized carbons (Fsp3) is 0.304. The lowest BCUT2D eigenvalue weighted by Crippen LogP contribution is -2.48. The Labute approximate surface area is 193 Å². The van der Waals surface area contributed by atoms with Crippen molar-refractivity contribution in [1.82, 2.24) is 19.8 Å². The van der Waals surface area contributed by atoms with Crippen LogP contribution in [0.4, 0.5) is 4.79 Å². The highest BCUT2D eigenvalue weighted by Crippen LogP contribution is 2.33. The Morgan fingerprint density at radius 2 is 2.12 bits per heavy atom. The van der Waals surface area contributed by atoms with E-state index in [-0.39, 0.29) is 6.04 Å². The molecular formula is C23H22N4O5S. The van der Waals surface area contributed by atoms with Crippen LogP contribution in [0.3, 0.4) is 0 Å². The quantitative estimate of drug-likeness (QED) is 0.450. The summed E-state index contributed by atoms with van der Waals surface area (Å²) in [5.41, 5.74) is 2.45. The van der Waals surface area contributed by atoms with E-state index in [1.165, 1.54) is 18.3 Å². The number of carbonyl (C=O) groups excluding carboxylic acids is 1. The molecule has 10 heteroatoms. The van der Waals surface area contributed by atoms with E-state index in [0.717, 1.165) is 26.1 Å². The lowest BCUT2D eigenvalue weighted by Gasteiger charge is -2.35. The fourth-order valence-corrected chi connectivity index (χ4v) is 5.06. The summed E-state index contributed by atoms with van der Waals surface area (Å²) in [4.78, 5) is 34.9. The van der Waals surface area contributed by atoms with Crippen molar-refractivity contribution in [2.45, 2.75) is 32.4 Å². The topological polar surface area (TPSA) is 109 Å². The molecule has 0 atom stereocenters. The number of furan rings is 1. The molecule has 4 heterocycles. The molecule has 0 bridgehead atoms. The summed E-state index contributed by atoms with van der Waals surface area (Å²) in [7, 11) is 0. The summed E-state index contributed by atoms with van der Waals surface area (Å²) in [6.45, 7) is 3.41. The van der Waals surface area contributed by atoms with Crippen molar-refractivity contribution >= 4 is 44.7 Å². The number of pyridine rings is 1. The number of benzene rings is 1. The maximum atomic E-state index is 11.7. The Balaban J connectivity index is 1.25. The van der Waals surface area contributed by atoms with Crippen molar-refractivity contribution in [2.75, 3.05) is 13.1 Å². The number of ether oxygens (including phenoxy) is 1. The number of carboxylic acid groups (broad SMARTS) is 1. The third kappa shape index (κ3) is 4.39. The van der Waals surface area contributed by atoms with Crippen LogP contribution in [0.5, 0.6) is 10.9 Å². The fourth-order valence-electron chi connectivity index (χ4n) is 4.27. The summed E-state index contributed by atoms with van der Waals surface area (Å²) in [5, 5.41) is 10.8. The zero-order chi connectivity index (χ0) is 22.9. The molecule has 1 aromatic carbocycles. The van der Waals surface area contributed by atoms with Crippen molar-refractivity contribution in [3.05, 3.63) is 48.4 Å². The van der Waals surface area contributed by atoms with Gasteiger partial charge in [0.2, 0.25) is 5.91 Å². The minimum absolute atomic E-state index is 0.269. The lowest BCUT2D eigenvalue weighted by atomic mass is 10.0. The third-order valence-corrected chi connectivity index (χ3v) is 6.73. The van der Waals surface area contributed by atoms with E-state index in [4.69, 9.17) is 9.15 Å². The average Bonchev–Trinajstić information content (AvgIpc) is 3.37. The molecule has 3 aromatic heterocycles. The molecule has 1 aliphatic heterocycles. The Morgan fingerprint density at radius 1 is 1.30 bits per heavy atom. The average molecular weight is 467 g/mol. The largest absolute Gasteiger partial charge is 0.465 e. The van der Waals surface area contributed by atoms with Crippen molar-refractivity contribution in [1.29, 1.82) is 0 Å². The molecule has 1 N–H and O–H groups in total. The van der Waals surface area contributed by atoms with Gasteiger partial charge in [-0.15, -0.1) is 0 Å². The van der Waals surface area contributed by atoms with Crippen LogP contribution < -0.4 is 4.74 Å². The van der Waals surface area contributed by atoms with Gasteiger partial charge in [0.05, 0.1) is 11.0 Å². The van der Waals surface area contributed by atoms with Gasteiger partial charge in [0, 0.05) is 55.8 Å². The van der Waals surface area contributed by atoms with Gasteiger partial charge in [-0.1, -0.05) is 11.3 Å². The number of amides is 2. The molecule has 0 saturated carbocycles. The van der Waals surface area contributed by atoms with Crippen LogP contribution in [0.15, 0.2) is 47.2 Å². The van der Waals surface area contributed by atoms with Gasteiger partial charge in [0.15, 0.2) is 5.65 Å².